The van der Waals surface area contributed by atoms with E-state index in [0.29, 0.717) is 11.8 Å². The summed E-state index contributed by atoms with van der Waals surface area (Å²) in [6, 6.07) is 18.8. The highest BCUT2D eigenvalue weighted by Crippen LogP contribution is 2.19. The summed E-state index contributed by atoms with van der Waals surface area (Å²) < 4.78 is 5.62. The average Bonchev–Trinajstić information content (AvgIpc) is 3.10. The van der Waals surface area contributed by atoms with Crippen molar-refractivity contribution >= 4 is 5.91 Å². The van der Waals surface area contributed by atoms with Crippen LogP contribution in [0.1, 0.15) is 17.5 Å². The number of rotatable bonds is 6. The van der Waals surface area contributed by atoms with Gasteiger partial charge in [-0.15, -0.1) is 10.2 Å². The predicted octanol–water partition coefficient (Wildman–Crippen LogP) is 2.66. The SMILES string of the molecule is CN(C)C(C(=O)NCc1nnc(-c2ccccc2)o1)c1ccccc1. The second-order valence-corrected chi connectivity index (χ2v) is 5.86. The van der Waals surface area contributed by atoms with Gasteiger partial charge in [-0.25, -0.2) is 0 Å². The van der Waals surface area contributed by atoms with E-state index in [1.807, 2.05) is 79.7 Å². The summed E-state index contributed by atoms with van der Waals surface area (Å²) in [5.74, 6) is 0.700. The lowest BCUT2D eigenvalue weighted by atomic mass is 10.1. The second kappa shape index (κ2) is 7.72. The third kappa shape index (κ3) is 4.10. The van der Waals surface area contributed by atoms with E-state index < -0.39 is 0 Å². The standard InChI is InChI=1S/C19H20N4O2/c1-23(2)17(14-9-5-3-6-10-14)18(24)20-13-16-21-22-19(25-16)15-11-7-4-8-12-15/h3-12,17H,13H2,1-2H3,(H,20,24). The quantitative estimate of drug-likeness (QED) is 0.749. The van der Waals surface area contributed by atoms with Crippen molar-refractivity contribution in [3.63, 3.8) is 0 Å². The van der Waals surface area contributed by atoms with Crippen LogP contribution in [-0.4, -0.2) is 35.1 Å². The molecule has 1 unspecified atom stereocenters. The van der Waals surface area contributed by atoms with Crippen molar-refractivity contribution in [1.29, 1.82) is 0 Å². The van der Waals surface area contributed by atoms with Gasteiger partial charge in [-0.1, -0.05) is 48.5 Å². The van der Waals surface area contributed by atoms with Crippen molar-refractivity contribution in [2.45, 2.75) is 12.6 Å². The Hall–Kier alpha value is -2.99. The molecule has 0 radical (unpaired) electrons. The molecular formula is C19H20N4O2. The Bertz CT molecular complexity index is 816. The lowest BCUT2D eigenvalue weighted by Crippen LogP contribution is -2.36. The highest BCUT2D eigenvalue weighted by molar-refractivity contribution is 5.83. The minimum Gasteiger partial charge on any atom is -0.419 e. The Morgan fingerprint density at radius 3 is 2.32 bits per heavy atom. The molecule has 6 heteroatoms. The van der Waals surface area contributed by atoms with Gasteiger partial charge in [-0.3, -0.25) is 9.69 Å². The fourth-order valence-corrected chi connectivity index (χ4v) is 2.60. The molecule has 25 heavy (non-hydrogen) atoms. The number of amides is 1. The molecule has 1 atom stereocenters. The van der Waals surface area contributed by atoms with Gasteiger partial charge < -0.3 is 9.73 Å². The van der Waals surface area contributed by atoms with Crippen LogP contribution >= 0.6 is 0 Å². The maximum atomic E-state index is 12.6. The van der Waals surface area contributed by atoms with Gasteiger partial charge in [-0.2, -0.15) is 0 Å². The minimum absolute atomic E-state index is 0.115. The summed E-state index contributed by atoms with van der Waals surface area (Å²) in [7, 11) is 3.74. The maximum absolute atomic E-state index is 12.6. The van der Waals surface area contributed by atoms with Crippen LogP contribution < -0.4 is 5.32 Å². The molecule has 1 amide bonds. The van der Waals surface area contributed by atoms with Crippen LogP contribution in [0.5, 0.6) is 0 Å². The fraction of sp³-hybridized carbons (Fsp3) is 0.211. The molecule has 1 aromatic heterocycles. The number of carbonyl (C=O) groups excluding carboxylic acids is 1. The highest BCUT2D eigenvalue weighted by atomic mass is 16.4. The first kappa shape index (κ1) is 16.9. The van der Waals surface area contributed by atoms with Crippen LogP contribution in [-0.2, 0) is 11.3 Å². The molecule has 1 N–H and O–H groups in total. The Kier molecular flexibility index (Phi) is 5.20. The van der Waals surface area contributed by atoms with E-state index in [1.165, 1.54) is 0 Å². The summed E-state index contributed by atoms with van der Waals surface area (Å²) in [5, 5.41) is 10.9. The zero-order valence-corrected chi connectivity index (χ0v) is 14.2. The molecular weight excluding hydrogens is 316 g/mol. The first-order chi connectivity index (χ1) is 12.1. The molecule has 0 aliphatic heterocycles. The topological polar surface area (TPSA) is 71.3 Å². The average molecular weight is 336 g/mol. The molecule has 6 nitrogen and oxygen atoms in total. The molecule has 0 saturated carbocycles. The first-order valence-corrected chi connectivity index (χ1v) is 8.02. The first-order valence-electron chi connectivity index (χ1n) is 8.02. The monoisotopic (exact) mass is 336 g/mol. The summed E-state index contributed by atoms with van der Waals surface area (Å²) in [6.45, 7) is 0.190. The number of aromatic nitrogens is 2. The van der Waals surface area contributed by atoms with Gasteiger partial charge in [-0.05, 0) is 31.8 Å². The van der Waals surface area contributed by atoms with E-state index in [1.54, 1.807) is 0 Å². The number of hydrogen-bond acceptors (Lipinski definition) is 5. The van der Waals surface area contributed by atoms with Gasteiger partial charge in [0.05, 0.1) is 6.54 Å². The van der Waals surface area contributed by atoms with E-state index in [0.717, 1.165) is 11.1 Å². The van der Waals surface area contributed by atoms with Crippen molar-refractivity contribution in [3.05, 3.63) is 72.1 Å². The molecule has 3 aromatic rings. The molecule has 2 aromatic carbocycles. The zero-order valence-electron chi connectivity index (χ0n) is 14.2. The summed E-state index contributed by atoms with van der Waals surface area (Å²) >= 11 is 0. The number of hydrogen-bond donors (Lipinski definition) is 1. The van der Waals surface area contributed by atoms with Crippen LogP contribution in [0.2, 0.25) is 0 Å². The smallest absolute Gasteiger partial charge is 0.247 e. The van der Waals surface area contributed by atoms with Crippen LogP contribution in [0, 0.1) is 0 Å². The summed E-state index contributed by atoms with van der Waals surface area (Å²) in [6.07, 6.45) is 0. The third-order valence-corrected chi connectivity index (χ3v) is 3.78. The van der Waals surface area contributed by atoms with E-state index in [2.05, 4.69) is 15.5 Å². The van der Waals surface area contributed by atoms with Crippen LogP contribution in [0.4, 0.5) is 0 Å². The van der Waals surface area contributed by atoms with Crippen molar-refractivity contribution in [2.75, 3.05) is 14.1 Å². The van der Waals surface area contributed by atoms with Gasteiger partial charge >= 0.3 is 0 Å². The number of carbonyl (C=O) groups is 1. The van der Waals surface area contributed by atoms with Crippen molar-refractivity contribution in [2.24, 2.45) is 0 Å². The maximum Gasteiger partial charge on any atom is 0.247 e. The van der Waals surface area contributed by atoms with Gasteiger partial charge in [0.15, 0.2) is 0 Å². The van der Waals surface area contributed by atoms with Crippen LogP contribution in [0.15, 0.2) is 65.1 Å². The lowest BCUT2D eigenvalue weighted by Gasteiger charge is -2.23. The molecule has 128 valence electrons. The van der Waals surface area contributed by atoms with Gasteiger partial charge in [0.2, 0.25) is 17.7 Å². The molecule has 0 fully saturated rings. The van der Waals surface area contributed by atoms with E-state index in [9.17, 15) is 4.79 Å². The second-order valence-electron chi connectivity index (χ2n) is 5.86. The van der Waals surface area contributed by atoms with Gasteiger partial charge in [0.25, 0.3) is 0 Å². The van der Waals surface area contributed by atoms with Crippen molar-refractivity contribution in [1.82, 2.24) is 20.4 Å². The van der Waals surface area contributed by atoms with Crippen LogP contribution in [0.3, 0.4) is 0 Å². The summed E-state index contributed by atoms with van der Waals surface area (Å²) in [5.41, 5.74) is 1.78. The third-order valence-electron chi connectivity index (χ3n) is 3.78. The number of likely N-dealkylation sites (N-methyl/N-ethyl adjacent to an activating group) is 1. The largest absolute Gasteiger partial charge is 0.419 e. The Labute approximate surface area is 146 Å². The fourth-order valence-electron chi connectivity index (χ4n) is 2.60. The molecule has 0 bridgehead atoms. The highest BCUT2D eigenvalue weighted by Gasteiger charge is 2.23. The molecule has 0 saturated heterocycles. The van der Waals surface area contributed by atoms with E-state index in [-0.39, 0.29) is 18.5 Å². The number of nitrogens with zero attached hydrogens (tertiary/aromatic N) is 3. The van der Waals surface area contributed by atoms with Gasteiger partial charge in [0, 0.05) is 5.56 Å². The Morgan fingerprint density at radius 1 is 1.04 bits per heavy atom. The van der Waals surface area contributed by atoms with E-state index >= 15 is 0 Å². The Morgan fingerprint density at radius 2 is 1.68 bits per heavy atom. The normalized spacial score (nSPS) is 12.1. The van der Waals surface area contributed by atoms with Gasteiger partial charge in [0.1, 0.15) is 6.04 Å². The minimum atomic E-state index is -0.377. The zero-order chi connectivity index (χ0) is 17.6. The van der Waals surface area contributed by atoms with Crippen molar-refractivity contribution < 1.29 is 9.21 Å². The summed E-state index contributed by atoms with van der Waals surface area (Å²) in [4.78, 5) is 14.5. The van der Waals surface area contributed by atoms with E-state index in [4.69, 9.17) is 4.42 Å². The number of nitrogens with one attached hydrogen (secondary N) is 1. The molecule has 1 heterocycles. The van der Waals surface area contributed by atoms with Crippen LogP contribution in [0.25, 0.3) is 11.5 Å². The predicted molar refractivity (Wildman–Crippen MR) is 94.5 cm³/mol. The Balaban J connectivity index is 1.66. The molecule has 0 spiro atoms. The molecule has 0 aliphatic rings. The number of benzene rings is 2. The van der Waals surface area contributed by atoms with Crippen molar-refractivity contribution in [3.8, 4) is 11.5 Å². The molecule has 3 rings (SSSR count). The lowest BCUT2D eigenvalue weighted by molar-refractivity contribution is -0.126. The molecule has 0 aliphatic carbocycles.